The SMILES string of the molecule is Cc1ccc(C(c2ccc(C)cc2)N2CC[C@H]2[C@H](N)c2cccc(Cl)c2)cc1. The summed E-state index contributed by atoms with van der Waals surface area (Å²) in [5.74, 6) is 0. The van der Waals surface area contributed by atoms with E-state index in [1.54, 1.807) is 0 Å². The Kier molecular flexibility index (Phi) is 5.54. The molecule has 0 bridgehead atoms. The maximum absolute atomic E-state index is 6.70. The fraction of sp³-hybridized carbons (Fsp3) is 0.280. The van der Waals surface area contributed by atoms with Gasteiger partial charge in [0.05, 0.1) is 6.04 Å². The second-order valence-electron chi connectivity index (χ2n) is 7.90. The Hall–Kier alpha value is -2.13. The maximum atomic E-state index is 6.70. The molecule has 1 saturated heterocycles. The van der Waals surface area contributed by atoms with Gasteiger partial charge >= 0.3 is 0 Å². The Morgan fingerprint density at radius 1 is 0.857 bits per heavy atom. The minimum absolute atomic E-state index is 0.0501. The van der Waals surface area contributed by atoms with Gasteiger partial charge in [0.15, 0.2) is 0 Å². The van der Waals surface area contributed by atoms with Gasteiger partial charge < -0.3 is 5.73 Å². The molecule has 1 heterocycles. The molecule has 0 aliphatic carbocycles. The molecule has 2 atom stereocenters. The summed E-state index contributed by atoms with van der Waals surface area (Å²) in [7, 11) is 0. The van der Waals surface area contributed by atoms with Crippen molar-refractivity contribution in [1.82, 2.24) is 4.90 Å². The third kappa shape index (κ3) is 3.86. The van der Waals surface area contributed by atoms with Crippen LogP contribution in [0.2, 0.25) is 5.02 Å². The average Bonchev–Trinajstić information content (AvgIpc) is 2.67. The number of benzene rings is 3. The van der Waals surface area contributed by atoms with Crippen molar-refractivity contribution >= 4 is 11.6 Å². The van der Waals surface area contributed by atoms with Gasteiger partial charge in [-0.25, -0.2) is 0 Å². The van der Waals surface area contributed by atoms with E-state index in [4.69, 9.17) is 17.3 Å². The third-order valence-corrected chi connectivity index (χ3v) is 6.11. The summed E-state index contributed by atoms with van der Waals surface area (Å²) >= 11 is 6.21. The van der Waals surface area contributed by atoms with Gasteiger partial charge in [-0.2, -0.15) is 0 Å². The van der Waals surface area contributed by atoms with Crippen molar-refractivity contribution in [3.8, 4) is 0 Å². The zero-order valence-electron chi connectivity index (χ0n) is 16.5. The summed E-state index contributed by atoms with van der Waals surface area (Å²) in [4.78, 5) is 2.54. The first-order valence-corrected chi connectivity index (χ1v) is 10.3. The number of halogens is 1. The van der Waals surface area contributed by atoms with Crippen LogP contribution in [0.1, 0.15) is 46.3 Å². The largest absolute Gasteiger partial charge is 0.323 e. The van der Waals surface area contributed by atoms with Gasteiger partial charge in [0, 0.05) is 23.7 Å². The Bertz CT molecular complexity index is 888. The van der Waals surface area contributed by atoms with E-state index in [0.717, 1.165) is 23.6 Å². The monoisotopic (exact) mass is 390 g/mol. The predicted molar refractivity (Wildman–Crippen MR) is 118 cm³/mol. The van der Waals surface area contributed by atoms with Crippen LogP contribution in [0.4, 0.5) is 0 Å². The first kappa shape index (κ1) is 19.2. The van der Waals surface area contributed by atoms with E-state index in [2.05, 4.69) is 73.3 Å². The van der Waals surface area contributed by atoms with Gasteiger partial charge in [0.2, 0.25) is 0 Å². The van der Waals surface area contributed by atoms with Gasteiger partial charge in [-0.15, -0.1) is 0 Å². The van der Waals surface area contributed by atoms with Crippen LogP contribution in [0, 0.1) is 13.8 Å². The third-order valence-electron chi connectivity index (χ3n) is 5.87. The van der Waals surface area contributed by atoms with Crippen molar-refractivity contribution in [3.63, 3.8) is 0 Å². The van der Waals surface area contributed by atoms with E-state index in [0.29, 0.717) is 6.04 Å². The fourth-order valence-corrected chi connectivity index (χ4v) is 4.34. The lowest BCUT2D eigenvalue weighted by Gasteiger charge is -2.49. The quantitative estimate of drug-likeness (QED) is 0.594. The Balaban J connectivity index is 1.68. The number of nitrogens with zero attached hydrogens (tertiary/aromatic N) is 1. The van der Waals surface area contributed by atoms with E-state index in [1.165, 1.54) is 22.3 Å². The van der Waals surface area contributed by atoms with E-state index in [-0.39, 0.29) is 12.1 Å². The van der Waals surface area contributed by atoms with Crippen molar-refractivity contribution < 1.29 is 0 Å². The van der Waals surface area contributed by atoms with Gasteiger partial charge in [-0.05, 0) is 49.1 Å². The first-order chi connectivity index (χ1) is 13.5. The normalized spacial score (nSPS) is 18.1. The minimum atomic E-state index is -0.0501. The molecule has 3 aromatic rings. The van der Waals surface area contributed by atoms with Gasteiger partial charge in [0.1, 0.15) is 0 Å². The lowest BCUT2D eigenvalue weighted by Crippen LogP contribution is -2.54. The molecule has 0 saturated carbocycles. The van der Waals surface area contributed by atoms with Crippen LogP contribution in [0.15, 0.2) is 72.8 Å². The molecule has 0 spiro atoms. The summed E-state index contributed by atoms with van der Waals surface area (Å²) in [5, 5.41) is 0.743. The van der Waals surface area contributed by atoms with Crippen molar-refractivity contribution in [2.45, 2.75) is 38.4 Å². The van der Waals surface area contributed by atoms with Crippen molar-refractivity contribution in [1.29, 1.82) is 0 Å². The van der Waals surface area contributed by atoms with E-state index in [1.807, 2.05) is 18.2 Å². The molecule has 28 heavy (non-hydrogen) atoms. The second kappa shape index (κ2) is 8.08. The fourth-order valence-electron chi connectivity index (χ4n) is 4.14. The standard InChI is InChI=1S/C25H27ClN2/c1-17-6-10-19(11-7-17)25(20-12-8-18(2)9-13-20)28-15-14-23(28)24(27)21-4-3-5-22(26)16-21/h3-13,16,23-25H,14-15,27H2,1-2H3/t23-,24+/m0/s1. The molecule has 2 N–H and O–H groups in total. The summed E-state index contributed by atoms with van der Waals surface area (Å²) in [6.45, 7) is 5.31. The molecular formula is C25H27ClN2. The summed E-state index contributed by atoms with van der Waals surface area (Å²) < 4.78 is 0. The zero-order chi connectivity index (χ0) is 19.7. The maximum Gasteiger partial charge on any atom is 0.0604 e. The molecule has 1 aliphatic rings. The molecule has 1 aliphatic heterocycles. The highest BCUT2D eigenvalue weighted by atomic mass is 35.5. The average molecular weight is 391 g/mol. The van der Waals surface area contributed by atoms with E-state index < -0.39 is 0 Å². The van der Waals surface area contributed by atoms with Crippen LogP contribution in [0.5, 0.6) is 0 Å². The number of likely N-dealkylation sites (tertiary alicyclic amines) is 1. The van der Waals surface area contributed by atoms with Crippen molar-refractivity contribution in [2.24, 2.45) is 5.73 Å². The lowest BCUT2D eigenvalue weighted by atomic mass is 9.85. The summed E-state index contributed by atoms with van der Waals surface area (Å²) in [5.41, 5.74) is 13.0. The summed E-state index contributed by atoms with van der Waals surface area (Å²) in [6, 6.07) is 26.2. The molecule has 2 nitrogen and oxygen atoms in total. The Morgan fingerprint density at radius 3 is 1.89 bits per heavy atom. The van der Waals surface area contributed by atoms with Crippen LogP contribution < -0.4 is 5.73 Å². The molecular weight excluding hydrogens is 364 g/mol. The number of nitrogens with two attached hydrogens (primary N) is 1. The molecule has 0 amide bonds. The number of rotatable bonds is 5. The first-order valence-electron chi connectivity index (χ1n) is 9.93. The van der Waals surface area contributed by atoms with Crippen LogP contribution in [0.25, 0.3) is 0 Å². The molecule has 3 heteroatoms. The van der Waals surface area contributed by atoms with Gasteiger partial charge in [-0.3, -0.25) is 4.90 Å². The molecule has 0 radical (unpaired) electrons. The van der Waals surface area contributed by atoms with Crippen LogP contribution >= 0.6 is 11.6 Å². The molecule has 3 aromatic carbocycles. The molecule has 0 unspecified atom stereocenters. The lowest BCUT2D eigenvalue weighted by molar-refractivity contribution is 0.0392. The Labute approximate surface area is 172 Å². The smallest absolute Gasteiger partial charge is 0.0604 e. The van der Waals surface area contributed by atoms with Crippen LogP contribution in [-0.4, -0.2) is 17.5 Å². The van der Waals surface area contributed by atoms with Crippen LogP contribution in [-0.2, 0) is 0 Å². The van der Waals surface area contributed by atoms with Crippen molar-refractivity contribution in [2.75, 3.05) is 6.54 Å². The Morgan fingerprint density at radius 2 is 1.43 bits per heavy atom. The highest BCUT2D eigenvalue weighted by Gasteiger charge is 2.39. The van der Waals surface area contributed by atoms with E-state index in [9.17, 15) is 0 Å². The molecule has 0 aromatic heterocycles. The zero-order valence-corrected chi connectivity index (χ0v) is 17.2. The van der Waals surface area contributed by atoms with E-state index >= 15 is 0 Å². The molecule has 1 fully saturated rings. The topological polar surface area (TPSA) is 29.3 Å². The van der Waals surface area contributed by atoms with Crippen LogP contribution in [0.3, 0.4) is 0 Å². The number of hydrogen-bond acceptors (Lipinski definition) is 2. The number of hydrogen-bond donors (Lipinski definition) is 1. The minimum Gasteiger partial charge on any atom is -0.323 e. The van der Waals surface area contributed by atoms with Gasteiger partial charge in [-0.1, -0.05) is 83.4 Å². The molecule has 4 rings (SSSR count). The predicted octanol–water partition coefficient (Wildman–Crippen LogP) is 5.82. The highest BCUT2D eigenvalue weighted by molar-refractivity contribution is 6.30. The summed E-state index contributed by atoms with van der Waals surface area (Å²) in [6.07, 6.45) is 1.10. The van der Waals surface area contributed by atoms with Gasteiger partial charge in [0.25, 0.3) is 0 Å². The van der Waals surface area contributed by atoms with Crippen molar-refractivity contribution in [3.05, 3.63) is 106 Å². The highest BCUT2D eigenvalue weighted by Crippen LogP contribution is 2.40. The molecule has 144 valence electrons. The second-order valence-corrected chi connectivity index (χ2v) is 8.33. The number of aryl methyl sites for hydroxylation is 2.